The molecule has 1 aliphatic rings. The Labute approximate surface area is 143 Å². The van der Waals surface area contributed by atoms with Gasteiger partial charge in [0.15, 0.2) is 11.6 Å². The number of carbonyl (C=O) groups is 1. The lowest BCUT2D eigenvalue weighted by atomic mass is 10.2. The number of rotatable bonds is 4. The highest BCUT2D eigenvalue weighted by atomic mass is 19.1. The van der Waals surface area contributed by atoms with Gasteiger partial charge >= 0.3 is 6.09 Å². The molecule has 1 fully saturated rings. The van der Waals surface area contributed by atoms with Crippen LogP contribution in [0.4, 0.5) is 9.18 Å². The van der Waals surface area contributed by atoms with Gasteiger partial charge in [0.05, 0.1) is 0 Å². The average molecular weight is 338 g/mol. The first-order chi connectivity index (χ1) is 11.3. The molecule has 2 rings (SSSR count). The highest BCUT2D eigenvalue weighted by Crippen LogP contribution is 2.15. The van der Waals surface area contributed by atoms with Gasteiger partial charge in [0, 0.05) is 32.7 Å². The van der Waals surface area contributed by atoms with Gasteiger partial charge in [-0.25, -0.2) is 9.18 Å². The van der Waals surface area contributed by atoms with E-state index in [1.165, 1.54) is 6.07 Å². The molecule has 0 atom stereocenters. The average Bonchev–Trinajstić information content (AvgIpc) is 2.73. The summed E-state index contributed by atoms with van der Waals surface area (Å²) in [5, 5.41) is 0. The van der Waals surface area contributed by atoms with Crippen LogP contribution in [0.5, 0.6) is 5.75 Å². The Morgan fingerprint density at radius 1 is 1.17 bits per heavy atom. The van der Waals surface area contributed by atoms with Gasteiger partial charge in [-0.2, -0.15) is 0 Å². The second kappa shape index (κ2) is 8.33. The number of halogens is 1. The second-order valence-electron chi connectivity index (χ2n) is 6.94. The largest absolute Gasteiger partial charge is 0.489 e. The summed E-state index contributed by atoms with van der Waals surface area (Å²) in [5.74, 6) is -0.0628. The van der Waals surface area contributed by atoms with Gasteiger partial charge in [0.2, 0.25) is 0 Å². The molecular formula is C18H27FN2O3. The SMILES string of the molecule is CC(C)(C)OC(=O)N1CCCN(CCOc2ccccc2F)CC1. The van der Waals surface area contributed by atoms with Crippen LogP contribution in [0.2, 0.25) is 0 Å². The molecule has 0 aliphatic carbocycles. The first kappa shape index (κ1) is 18.5. The van der Waals surface area contributed by atoms with Gasteiger partial charge < -0.3 is 14.4 Å². The Balaban J connectivity index is 1.75. The van der Waals surface area contributed by atoms with Gasteiger partial charge in [-0.05, 0) is 39.3 Å². The van der Waals surface area contributed by atoms with Crippen molar-refractivity contribution in [2.75, 3.05) is 39.3 Å². The predicted molar refractivity (Wildman–Crippen MR) is 90.8 cm³/mol. The number of amides is 1. The molecule has 1 aromatic carbocycles. The number of hydrogen-bond acceptors (Lipinski definition) is 4. The predicted octanol–water partition coefficient (Wildman–Crippen LogP) is 3.15. The highest BCUT2D eigenvalue weighted by Gasteiger charge is 2.24. The third kappa shape index (κ3) is 6.00. The van der Waals surface area contributed by atoms with E-state index in [1.807, 2.05) is 20.8 Å². The van der Waals surface area contributed by atoms with Gasteiger partial charge in [-0.3, -0.25) is 4.90 Å². The molecule has 0 N–H and O–H groups in total. The Morgan fingerprint density at radius 2 is 1.92 bits per heavy atom. The maximum Gasteiger partial charge on any atom is 0.410 e. The van der Waals surface area contributed by atoms with E-state index in [0.29, 0.717) is 26.2 Å². The quantitative estimate of drug-likeness (QED) is 0.846. The van der Waals surface area contributed by atoms with Gasteiger partial charge in [-0.1, -0.05) is 12.1 Å². The Morgan fingerprint density at radius 3 is 2.62 bits per heavy atom. The molecule has 1 aliphatic heterocycles. The monoisotopic (exact) mass is 338 g/mol. The van der Waals surface area contributed by atoms with Crippen LogP contribution in [0.3, 0.4) is 0 Å². The molecular weight excluding hydrogens is 311 g/mol. The summed E-state index contributed by atoms with van der Waals surface area (Å²) in [4.78, 5) is 16.1. The molecule has 0 spiro atoms. The van der Waals surface area contributed by atoms with Crippen molar-refractivity contribution >= 4 is 6.09 Å². The van der Waals surface area contributed by atoms with Crippen molar-refractivity contribution in [1.82, 2.24) is 9.80 Å². The van der Waals surface area contributed by atoms with E-state index in [0.717, 1.165) is 19.5 Å². The minimum atomic E-state index is -0.476. The Kier molecular flexibility index (Phi) is 6.43. The third-order valence-electron chi connectivity index (χ3n) is 3.74. The second-order valence-corrected chi connectivity index (χ2v) is 6.94. The minimum Gasteiger partial charge on any atom is -0.489 e. The fraction of sp³-hybridized carbons (Fsp3) is 0.611. The third-order valence-corrected chi connectivity index (χ3v) is 3.74. The molecule has 1 amide bonds. The summed E-state index contributed by atoms with van der Waals surface area (Å²) >= 11 is 0. The molecule has 134 valence electrons. The summed E-state index contributed by atoms with van der Waals surface area (Å²) in [6, 6.07) is 6.41. The van der Waals surface area contributed by atoms with Gasteiger partial charge in [0.25, 0.3) is 0 Å². The Bertz CT molecular complexity index is 545. The molecule has 0 unspecified atom stereocenters. The first-order valence-corrected chi connectivity index (χ1v) is 8.43. The maximum atomic E-state index is 13.5. The molecule has 5 nitrogen and oxygen atoms in total. The lowest BCUT2D eigenvalue weighted by Crippen LogP contribution is -2.39. The lowest BCUT2D eigenvalue weighted by molar-refractivity contribution is 0.0257. The van der Waals surface area contributed by atoms with E-state index in [4.69, 9.17) is 9.47 Å². The summed E-state index contributed by atoms with van der Waals surface area (Å²) in [6.07, 6.45) is 0.630. The molecule has 1 saturated heterocycles. The van der Waals surface area contributed by atoms with Crippen LogP contribution in [0.15, 0.2) is 24.3 Å². The highest BCUT2D eigenvalue weighted by molar-refractivity contribution is 5.68. The summed E-state index contributed by atoms with van der Waals surface area (Å²) in [6.45, 7) is 9.72. The van der Waals surface area contributed by atoms with Crippen molar-refractivity contribution in [1.29, 1.82) is 0 Å². The van der Waals surface area contributed by atoms with Crippen LogP contribution in [0.25, 0.3) is 0 Å². The standard InChI is InChI=1S/C18H27FN2O3/c1-18(2,3)24-17(22)21-10-6-9-20(11-12-21)13-14-23-16-8-5-4-7-15(16)19/h4-5,7-8H,6,9-14H2,1-3H3. The fourth-order valence-electron chi connectivity index (χ4n) is 2.55. The normalized spacial score (nSPS) is 16.6. The van der Waals surface area contributed by atoms with Gasteiger partial charge in [-0.15, -0.1) is 0 Å². The number of para-hydroxylation sites is 1. The van der Waals surface area contributed by atoms with Crippen molar-refractivity contribution in [2.24, 2.45) is 0 Å². The fourth-order valence-corrected chi connectivity index (χ4v) is 2.55. The number of benzene rings is 1. The molecule has 6 heteroatoms. The van der Waals surface area contributed by atoms with E-state index in [9.17, 15) is 9.18 Å². The van der Waals surface area contributed by atoms with Crippen molar-refractivity contribution in [3.63, 3.8) is 0 Å². The summed E-state index contributed by atoms with van der Waals surface area (Å²) in [5.41, 5.74) is -0.476. The zero-order valence-corrected chi connectivity index (χ0v) is 14.8. The van der Waals surface area contributed by atoms with Crippen LogP contribution in [-0.4, -0.2) is 60.8 Å². The first-order valence-electron chi connectivity index (χ1n) is 8.43. The lowest BCUT2D eigenvalue weighted by Gasteiger charge is -2.26. The van der Waals surface area contributed by atoms with Crippen LogP contribution < -0.4 is 4.74 Å². The zero-order chi connectivity index (χ0) is 17.6. The molecule has 0 saturated carbocycles. The van der Waals surface area contributed by atoms with E-state index in [-0.39, 0.29) is 17.7 Å². The molecule has 0 radical (unpaired) electrons. The van der Waals surface area contributed by atoms with E-state index in [1.54, 1.807) is 23.1 Å². The summed E-state index contributed by atoms with van der Waals surface area (Å²) < 4.78 is 24.4. The molecule has 1 aromatic rings. The van der Waals surface area contributed by atoms with Gasteiger partial charge in [0.1, 0.15) is 12.2 Å². The molecule has 1 heterocycles. The van der Waals surface area contributed by atoms with Crippen LogP contribution in [0, 0.1) is 5.82 Å². The molecule has 24 heavy (non-hydrogen) atoms. The van der Waals surface area contributed by atoms with E-state index >= 15 is 0 Å². The van der Waals surface area contributed by atoms with Crippen molar-refractivity contribution in [2.45, 2.75) is 32.8 Å². The number of ether oxygens (including phenoxy) is 2. The molecule has 0 bridgehead atoms. The minimum absolute atomic E-state index is 0.257. The number of carbonyl (C=O) groups excluding carboxylic acids is 1. The van der Waals surface area contributed by atoms with Crippen LogP contribution in [0.1, 0.15) is 27.2 Å². The zero-order valence-electron chi connectivity index (χ0n) is 14.8. The smallest absolute Gasteiger partial charge is 0.410 e. The summed E-state index contributed by atoms with van der Waals surface area (Å²) in [7, 11) is 0. The van der Waals surface area contributed by atoms with E-state index in [2.05, 4.69) is 4.90 Å². The maximum absolute atomic E-state index is 13.5. The topological polar surface area (TPSA) is 42.0 Å². The van der Waals surface area contributed by atoms with Crippen molar-refractivity contribution in [3.05, 3.63) is 30.1 Å². The van der Waals surface area contributed by atoms with E-state index < -0.39 is 5.60 Å². The Hall–Kier alpha value is -1.82. The number of nitrogens with zero attached hydrogens (tertiary/aromatic N) is 2. The number of hydrogen-bond donors (Lipinski definition) is 0. The molecule has 0 aromatic heterocycles. The van der Waals surface area contributed by atoms with Crippen LogP contribution >= 0.6 is 0 Å². The van der Waals surface area contributed by atoms with Crippen molar-refractivity contribution < 1.29 is 18.7 Å². The van der Waals surface area contributed by atoms with Crippen LogP contribution in [-0.2, 0) is 4.74 Å². The van der Waals surface area contributed by atoms with Crippen molar-refractivity contribution in [3.8, 4) is 5.75 Å².